The molecular weight excluding hydrogens is 228 g/mol. The highest BCUT2D eigenvalue weighted by Gasteiger charge is 2.20. The van der Waals surface area contributed by atoms with E-state index in [1.807, 2.05) is 6.92 Å². The van der Waals surface area contributed by atoms with Gasteiger partial charge >= 0.3 is 0 Å². The molecule has 0 aliphatic heterocycles. The molecule has 0 spiro atoms. The van der Waals surface area contributed by atoms with E-state index in [4.69, 9.17) is 5.14 Å². The molecular formula is C9H20N4O2S. The summed E-state index contributed by atoms with van der Waals surface area (Å²) in [4.78, 5) is 4.35. The third-order valence-corrected chi connectivity index (χ3v) is 3.00. The van der Waals surface area contributed by atoms with Gasteiger partial charge in [0.1, 0.15) is 0 Å². The van der Waals surface area contributed by atoms with Crippen LogP contribution < -0.4 is 15.8 Å². The van der Waals surface area contributed by atoms with Crippen LogP contribution in [-0.2, 0) is 10.0 Å². The third kappa shape index (κ3) is 6.62. The molecule has 1 saturated carbocycles. The molecule has 1 rings (SSSR count). The molecule has 0 amide bonds. The Morgan fingerprint density at radius 1 is 1.44 bits per heavy atom. The predicted octanol–water partition coefficient (Wildman–Crippen LogP) is -0.760. The Hall–Kier alpha value is -0.820. The van der Waals surface area contributed by atoms with Gasteiger partial charge in [-0.15, -0.1) is 0 Å². The van der Waals surface area contributed by atoms with Crippen molar-refractivity contribution >= 4 is 16.0 Å². The van der Waals surface area contributed by atoms with Gasteiger partial charge in [-0.1, -0.05) is 0 Å². The number of aliphatic imine (C=N–C) groups is 1. The molecule has 94 valence electrons. The van der Waals surface area contributed by atoms with Gasteiger partial charge in [0.05, 0.1) is 5.75 Å². The molecule has 0 bridgehead atoms. The minimum Gasteiger partial charge on any atom is -0.357 e. The second kappa shape index (κ2) is 6.05. The van der Waals surface area contributed by atoms with Crippen LogP contribution in [0.25, 0.3) is 0 Å². The summed E-state index contributed by atoms with van der Waals surface area (Å²) < 4.78 is 21.4. The fourth-order valence-corrected chi connectivity index (χ4v) is 1.56. The number of nitrogens with zero attached hydrogens (tertiary/aromatic N) is 1. The van der Waals surface area contributed by atoms with E-state index < -0.39 is 10.0 Å². The van der Waals surface area contributed by atoms with Gasteiger partial charge in [0.15, 0.2) is 5.96 Å². The van der Waals surface area contributed by atoms with E-state index in [0.29, 0.717) is 11.9 Å². The van der Waals surface area contributed by atoms with Crippen molar-refractivity contribution in [1.29, 1.82) is 0 Å². The van der Waals surface area contributed by atoms with Crippen LogP contribution in [0.2, 0.25) is 0 Å². The molecule has 7 heteroatoms. The monoisotopic (exact) mass is 248 g/mol. The largest absolute Gasteiger partial charge is 0.357 e. The van der Waals surface area contributed by atoms with Gasteiger partial charge in [0.2, 0.25) is 10.0 Å². The molecule has 0 atom stereocenters. The van der Waals surface area contributed by atoms with Gasteiger partial charge in [-0.2, -0.15) is 0 Å². The molecule has 0 unspecified atom stereocenters. The quantitative estimate of drug-likeness (QED) is 0.425. The Labute approximate surface area is 96.7 Å². The zero-order valence-electron chi connectivity index (χ0n) is 9.57. The topological polar surface area (TPSA) is 96.6 Å². The molecule has 1 fully saturated rings. The first kappa shape index (κ1) is 13.2. The number of guanidine groups is 1. The van der Waals surface area contributed by atoms with Crippen LogP contribution in [0.15, 0.2) is 4.99 Å². The first-order chi connectivity index (χ1) is 7.51. The Bertz CT molecular complexity index is 335. The molecule has 4 N–H and O–H groups in total. The van der Waals surface area contributed by atoms with Gasteiger partial charge in [0.25, 0.3) is 0 Å². The van der Waals surface area contributed by atoms with Gasteiger partial charge in [0, 0.05) is 19.6 Å². The van der Waals surface area contributed by atoms with Crippen LogP contribution in [0, 0.1) is 5.92 Å². The lowest BCUT2D eigenvalue weighted by atomic mass is 10.4. The molecule has 0 radical (unpaired) electrons. The van der Waals surface area contributed by atoms with Crippen molar-refractivity contribution in [2.24, 2.45) is 16.0 Å². The summed E-state index contributed by atoms with van der Waals surface area (Å²) in [7, 11) is -3.40. The average molecular weight is 248 g/mol. The van der Waals surface area contributed by atoms with Gasteiger partial charge < -0.3 is 10.6 Å². The Balaban J connectivity index is 2.28. The molecule has 16 heavy (non-hydrogen) atoms. The summed E-state index contributed by atoms with van der Waals surface area (Å²) in [5.74, 6) is 1.30. The number of rotatable bonds is 6. The molecule has 1 aliphatic rings. The summed E-state index contributed by atoms with van der Waals surface area (Å²) in [5, 5.41) is 10.9. The molecule has 0 saturated heterocycles. The highest BCUT2D eigenvalue weighted by atomic mass is 32.2. The van der Waals surface area contributed by atoms with Gasteiger partial charge in [-0.25, -0.2) is 13.6 Å². The lowest BCUT2D eigenvalue weighted by Gasteiger charge is -2.10. The van der Waals surface area contributed by atoms with E-state index in [2.05, 4.69) is 15.6 Å². The Morgan fingerprint density at radius 2 is 2.12 bits per heavy atom. The highest BCUT2D eigenvalue weighted by Crippen LogP contribution is 2.28. The summed E-state index contributed by atoms with van der Waals surface area (Å²) >= 11 is 0. The first-order valence-corrected chi connectivity index (χ1v) is 7.25. The van der Waals surface area contributed by atoms with Crippen molar-refractivity contribution in [3.05, 3.63) is 0 Å². The zero-order valence-corrected chi connectivity index (χ0v) is 10.4. The smallest absolute Gasteiger partial charge is 0.210 e. The van der Waals surface area contributed by atoms with Gasteiger partial charge in [-0.05, 0) is 25.7 Å². The van der Waals surface area contributed by atoms with Crippen LogP contribution >= 0.6 is 0 Å². The number of hydrogen-bond donors (Lipinski definition) is 3. The molecule has 0 aromatic carbocycles. The Morgan fingerprint density at radius 3 is 2.62 bits per heavy atom. The molecule has 1 aliphatic carbocycles. The van der Waals surface area contributed by atoms with E-state index in [-0.39, 0.29) is 12.3 Å². The number of primary sulfonamides is 1. The maximum atomic E-state index is 10.7. The highest BCUT2D eigenvalue weighted by molar-refractivity contribution is 7.89. The van der Waals surface area contributed by atoms with Crippen molar-refractivity contribution in [2.45, 2.75) is 19.8 Å². The zero-order chi connectivity index (χ0) is 12.0. The van der Waals surface area contributed by atoms with Crippen LogP contribution in [0.4, 0.5) is 0 Å². The van der Waals surface area contributed by atoms with Crippen LogP contribution in [-0.4, -0.2) is 39.8 Å². The normalized spacial score (nSPS) is 17.2. The van der Waals surface area contributed by atoms with Crippen LogP contribution in [0.3, 0.4) is 0 Å². The van der Waals surface area contributed by atoms with Crippen molar-refractivity contribution in [1.82, 2.24) is 10.6 Å². The number of hydrogen-bond acceptors (Lipinski definition) is 3. The molecule has 0 aromatic heterocycles. The summed E-state index contributed by atoms with van der Waals surface area (Å²) in [6, 6.07) is 0. The second-order valence-electron chi connectivity index (χ2n) is 3.96. The number of nitrogens with one attached hydrogen (secondary N) is 2. The predicted molar refractivity (Wildman–Crippen MR) is 64.7 cm³/mol. The molecule has 0 heterocycles. The molecule has 0 aromatic rings. The van der Waals surface area contributed by atoms with Crippen molar-refractivity contribution < 1.29 is 8.42 Å². The van der Waals surface area contributed by atoms with Crippen molar-refractivity contribution in [2.75, 3.05) is 25.4 Å². The van der Waals surface area contributed by atoms with E-state index in [1.165, 1.54) is 12.8 Å². The van der Waals surface area contributed by atoms with Crippen LogP contribution in [0.1, 0.15) is 19.8 Å². The maximum Gasteiger partial charge on any atom is 0.210 e. The Kier molecular flexibility index (Phi) is 5.01. The number of nitrogens with two attached hydrogens (primary N) is 1. The SMILES string of the molecule is CCNC(=NCC1CC1)NCCS(N)(=O)=O. The van der Waals surface area contributed by atoms with E-state index in [0.717, 1.165) is 13.1 Å². The minimum atomic E-state index is -3.40. The fraction of sp³-hybridized carbons (Fsp3) is 0.889. The summed E-state index contributed by atoms with van der Waals surface area (Å²) in [6.07, 6.45) is 2.50. The number of sulfonamides is 1. The summed E-state index contributed by atoms with van der Waals surface area (Å²) in [5.41, 5.74) is 0. The average Bonchev–Trinajstić information content (AvgIpc) is 2.95. The maximum absolute atomic E-state index is 10.7. The van der Waals surface area contributed by atoms with E-state index in [9.17, 15) is 8.42 Å². The lowest BCUT2D eigenvalue weighted by Crippen LogP contribution is -2.40. The van der Waals surface area contributed by atoms with Crippen LogP contribution in [0.5, 0.6) is 0 Å². The second-order valence-corrected chi connectivity index (χ2v) is 5.69. The van der Waals surface area contributed by atoms with Gasteiger partial charge in [-0.3, -0.25) is 4.99 Å². The standard InChI is InChI=1S/C9H20N4O2S/c1-2-11-9(13-7-8-3-4-8)12-5-6-16(10,14)15/h8H,2-7H2,1H3,(H2,10,14,15)(H2,11,12,13). The van der Waals surface area contributed by atoms with Crippen molar-refractivity contribution in [3.8, 4) is 0 Å². The van der Waals surface area contributed by atoms with Crippen molar-refractivity contribution in [3.63, 3.8) is 0 Å². The molecule has 6 nitrogen and oxygen atoms in total. The first-order valence-electron chi connectivity index (χ1n) is 5.54. The van der Waals surface area contributed by atoms with E-state index in [1.54, 1.807) is 0 Å². The summed E-state index contributed by atoms with van der Waals surface area (Å²) in [6.45, 7) is 3.82. The lowest BCUT2D eigenvalue weighted by molar-refractivity contribution is 0.596. The fourth-order valence-electron chi connectivity index (χ4n) is 1.17. The third-order valence-electron chi connectivity index (χ3n) is 2.23. The van der Waals surface area contributed by atoms with E-state index >= 15 is 0 Å². The minimum absolute atomic E-state index is 0.0825.